The van der Waals surface area contributed by atoms with Crippen LogP contribution in [0.25, 0.3) is 0 Å². The highest BCUT2D eigenvalue weighted by Gasteiger charge is 2.28. The highest BCUT2D eigenvalue weighted by atomic mass is 16.1. The minimum absolute atomic E-state index is 0.0736. The topological polar surface area (TPSA) is 61.1 Å². The van der Waals surface area contributed by atoms with E-state index in [2.05, 4.69) is 63.4 Å². The monoisotopic (exact) mass is 370 g/mol. The van der Waals surface area contributed by atoms with E-state index in [1.807, 2.05) is 12.1 Å². The molecule has 28 heavy (non-hydrogen) atoms. The number of nitrogens with zero attached hydrogens (tertiary/aromatic N) is 3. The molecule has 2 aromatic carbocycles. The molecule has 1 aliphatic heterocycles. The summed E-state index contributed by atoms with van der Waals surface area (Å²) in [4.78, 5) is 14.9. The largest absolute Gasteiger partial charge is 0.348 e. The van der Waals surface area contributed by atoms with Crippen LogP contribution in [0.3, 0.4) is 0 Å². The maximum absolute atomic E-state index is 12.5. The molecule has 0 saturated carbocycles. The average Bonchev–Trinajstić information content (AvgIpc) is 3.21. The molecule has 2 heterocycles. The SMILES string of the molecule is N#Cc1ccccc1NC(=O)CCN1CCn2cccc2C1c1ccccc1. The van der Waals surface area contributed by atoms with Crippen molar-refractivity contribution in [3.63, 3.8) is 0 Å². The molecule has 1 unspecified atom stereocenters. The Morgan fingerprint density at radius 2 is 1.82 bits per heavy atom. The van der Waals surface area contributed by atoms with Gasteiger partial charge in [0, 0.05) is 37.9 Å². The van der Waals surface area contributed by atoms with Crippen molar-refractivity contribution in [1.29, 1.82) is 5.26 Å². The number of amides is 1. The molecule has 1 N–H and O–H groups in total. The highest BCUT2D eigenvalue weighted by molar-refractivity contribution is 5.92. The van der Waals surface area contributed by atoms with Gasteiger partial charge in [0.2, 0.25) is 5.91 Å². The standard InChI is InChI=1S/C23H22N4O/c24-17-19-9-4-5-10-20(19)25-22(28)12-14-27-16-15-26-13-6-11-21(26)23(27)18-7-2-1-3-8-18/h1-11,13,23H,12,14-16H2,(H,25,28). The van der Waals surface area contributed by atoms with Gasteiger partial charge in [0.25, 0.3) is 0 Å². The molecule has 0 spiro atoms. The first-order valence-electron chi connectivity index (χ1n) is 9.49. The van der Waals surface area contributed by atoms with Crippen molar-refractivity contribution in [3.8, 4) is 6.07 Å². The third-order valence-electron chi connectivity index (χ3n) is 5.20. The maximum atomic E-state index is 12.5. The smallest absolute Gasteiger partial charge is 0.225 e. The Labute approximate surface area is 164 Å². The second kappa shape index (κ2) is 8.12. The van der Waals surface area contributed by atoms with Crippen LogP contribution in [0.4, 0.5) is 5.69 Å². The highest BCUT2D eigenvalue weighted by Crippen LogP contribution is 2.32. The Bertz CT molecular complexity index is 1000. The summed E-state index contributed by atoms with van der Waals surface area (Å²) in [6.07, 6.45) is 2.50. The predicted octanol–water partition coefficient (Wildman–Crippen LogP) is 3.79. The van der Waals surface area contributed by atoms with Crippen LogP contribution in [0.2, 0.25) is 0 Å². The molecule has 5 nitrogen and oxygen atoms in total. The number of para-hydroxylation sites is 1. The van der Waals surface area contributed by atoms with Gasteiger partial charge in [0.05, 0.1) is 17.3 Å². The van der Waals surface area contributed by atoms with Crippen molar-refractivity contribution in [2.24, 2.45) is 0 Å². The quantitative estimate of drug-likeness (QED) is 0.743. The van der Waals surface area contributed by atoms with Gasteiger partial charge in [0.15, 0.2) is 0 Å². The molecule has 0 fully saturated rings. The normalized spacial score (nSPS) is 16.2. The lowest BCUT2D eigenvalue weighted by Gasteiger charge is -2.37. The molecule has 0 bridgehead atoms. The van der Waals surface area contributed by atoms with Crippen LogP contribution in [0.15, 0.2) is 72.9 Å². The molecule has 0 saturated heterocycles. The molecule has 0 radical (unpaired) electrons. The van der Waals surface area contributed by atoms with E-state index >= 15 is 0 Å². The number of nitrogens with one attached hydrogen (secondary N) is 1. The summed E-state index contributed by atoms with van der Waals surface area (Å²) < 4.78 is 2.29. The average molecular weight is 370 g/mol. The molecular formula is C23H22N4O. The van der Waals surface area contributed by atoms with E-state index in [9.17, 15) is 10.1 Å². The van der Waals surface area contributed by atoms with Gasteiger partial charge >= 0.3 is 0 Å². The third-order valence-corrected chi connectivity index (χ3v) is 5.20. The summed E-state index contributed by atoms with van der Waals surface area (Å²) in [5.41, 5.74) is 3.54. The van der Waals surface area contributed by atoms with E-state index in [1.165, 1.54) is 11.3 Å². The minimum atomic E-state index is -0.0736. The van der Waals surface area contributed by atoms with Gasteiger partial charge in [-0.25, -0.2) is 0 Å². The van der Waals surface area contributed by atoms with Crippen molar-refractivity contribution in [2.75, 3.05) is 18.4 Å². The predicted molar refractivity (Wildman–Crippen MR) is 109 cm³/mol. The molecule has 140 valence electrons. The van der Waals surface area contributed by atoms with E-state index in [1.54, 1.807) is 18.2 Å². The fourth-order valence-electron chi connectivity index (χ4n) is 3.84. The Balaban J connectivity index is 1.48. The Hall–Kier alpha value is -3.36. The van der Waals surface area contributed by atoms with Gasteiger partial charge in [-0.2, -0.15) is 5.26 Å². The number of nitriles is 1. The first kappa shape index (κ1) is 18.0. The second-order valence-electron chi connectivity index (χ2n) is 6.93. The lowest BCUT2D eigenvalue weighted by Crippen LogP contribution is -2.39. The molecule has 0 aliphatic carbocycles. The third kappa shape index (κ3) is 3.68. The summed E-state index contributed by atoms with van der Waals surface area (Å²) in [7, 11) is 0. The molecule has 1 aliphatic rings. The van der Waals surface area contributed by atoms with Crippen molar-refractivity contribution in [2.45, 2.75) is 19.0 Å². The van der Waals surface area contributed by atoms with Gasteiger partial charge in [-0.05, 0) is 29.8 Å². The molecule has 1 atom stereocenters. The fourth-order valence-corrected chi connectivity index (χ4v) is 3.84. The van der Waals surface area contributed by atoms with E-state index in [0.29, 0.717) is 24.2 Å². The zero-order valence-corrected chi connectivity index (χ0v) is 15.6. The maximum Gasteiger partial charge on any atom is 0.225 e. The van der Waals surface area contributed by atoms with Gasteiger partial charge in [-0.1, -0.05) is 42.5 Å². The summed E-state index contributed by atoms with van der Waals surface area (Å²) in [5.74, 6) is -0.0736. The van der Waals surface area contributed by atoms with Crippen LogP contribution in [0.1, 0.15) is 29.3 Å². The zero-order chi connectivity index (χ0) is 19.3. The number of rotatable bonds is 5. The number of fused-ring (bicyclic) bond motifs is 1. The Kier molecular flexibility index (Phi) is 5.22. The fraction of sp³-hybridized carbons (Fsp3) is 0.217. The molecule has 1 amide bonds. The number of benzene rings is 2. The first-order valence-corrected chi connectivity index (χ1v) is 9.49. The number of hydrogen-bond acceptors (Lipinski definition) is 3. The van der Waals surface area contributed by atoms with Crippen molar-refractivity contribution < 1.29 is 4.79 Å². The summed E-state index contributed by atoms with van der Waals surface area (Å²) in [5, 5.41) is 12.1. The van der Waals surface area contributed by atoms with Crippen LogP contribution < -0.4 is 5.32 Å². The minimum Gasteiger partial charge on any atom is -0.348 e. The lowest BCUT2D eigenvalue weighted by atomic mass is 10.00. The first-order chi connectivity index (χ1) is 13.8. The lowest BCUT2D eigenvalue weighted by molar-refractivity contribution is -0.116. The zero-order valence-electron chi connectivity index (χ0n) is 15.6. The van der Waals surface area contributed by atoms with Crippen LogP contribution in [0.5, 0.6) is 0 Å². The van der Waals surface area contributed by atoms with Crippen LogP contribution in [-0.2, 0) is 11.3 Å². The summed E-state index contributed by atoms with van der Waals surface area (Å²) >= 11 is 0. The summed E-state index contributed by atoms with van der Waals surface area (Å²) in [6, 6.07) is 24.0. The van der Waals surface area contributed by atoms with E-state index < -0.39 is 0 Å². The number of carbonyl (C=O) groups is 1. The number of anilines is 1. The number of aromatic nitrogens is 1. The van der Waals surface area contributed by atoms with Crippen molar-refractivity contribution >= 4 is 11.6 Å². The number of hydrogen-bond donors (Lipinski definition) is 1. The molecule has 4 rings (SSSR count). The van der Waals surface area contributed by atoms with Crippen molar-refractivity contribution in [1.82, 2.24) is 9.47 Å². The molecule has 1 aromatic heterocycles. The van der Waals surface area contributed by atoms with Gasteiger partial charge < -0.3 is 9.88 Å². The molecule has 3 aromatic rings. The van der Waals surface area contributed by atoms with E-state index in [0.717, 1.165) is 13.1 Å². The summed E-state index contributed by atoms with van der Waals surface area (Å²) in [6.45, 7) is 2.47. The Morgan fingerprint density at radius 1 is 1.04 bits per heavy atom. The van der Waals surface area contributed by atoms with Gasteiger partial charge in [0.1, 0.15) is 6.07 Å². The van der Waals surface area contributed by atoms with Gasteiger partial charge in [-0.15, -0.1) is 0 Å². The van der Waals surface area contributed by atoms with Crippen molar-refractivity contribution in [3.05, 3.63) is 89.7 Å². The number of carbonyl (C=O) groups excluding carboxylic acids is 1. The van der Waals surface area contributed by atoms with Gasteiger partial charge in [-0.3, -0.25) is 9.69 Å². The molecular weight excluding hydrogens is 348 g/mol. The van der Waals surface area contributed by atoms with Crippen LogP contribution >= 0.6 is 0 Å². The van der Waals surface area contributed by atoms with E-state index in [-0.39, 0.29) is 11.9 Å². The second-order valence-corrected chi connectivity index (χ2v) is 6.93. The van der Waals surface area contributed by atoms with Crippen LogP contribution in [0, 0.1) is 11.3 Å². The van der Waals surface area contributed by atoms with E-state index in [4.69, 9.17) is 0 Å². The van der Waals surface area contributed by atoms with Crippen LogP contribution in [-0.4, -0.2) is 28.5 Å². The molecule has 5 heteroatoms. The Morgan fingerprint density at radius 3 is 2.64 bits per heavy atom.